The lowest BCUT2D eigenvalue weighted by Gasteiger charge is -2.19. The van der Waals surface area contributed by atoms with E-state index >= 15 is 0 Å². The molecule has 0 rings (SSSR count). The number of amides is 1. The molecular formula is C13H28N2O. The Kier molecular flexibility index (Phi) is 9.30. The highest BCUT2D eigenvalue weighted by Crippen LogP contribution is 2.02. The smallest absolute Gasteiger partial charge is 0.234 e. The van der Waals surface area contributed by atoms with Gasteiger partial charge in [0.2, 0.25) is 5.91 Å². The molecule has 0 aliphatic rings. The average Bonchev–Trinajstić information content (AvgIpc) is 2.26. The molecule has 0 aromatic rings. The number of carbonyl (C=O) groups excluding carboxylic acids is 1. The second-order valence-corrected chi connectivity index (χ2v) is 4.43. The maximum atomic E-state index is 11.7. The molecule has 0 aromatic carbocycles. The number of unbranched alkanes of at least 4 members (excludes halogenated alkanes) is 2. The normalized spacial score (nSPS) is 12.8. The molecule has 0 aliphatic heterocycles. The van der Waals surface area contributed by atoms with Crippen LogP contribution in [0.1, 0.15) is 53.4 Å². The molecule has 1 unspecified atom stereocenters. The highest BCUT2D eigenvalue weighted by Gasteiger charge is 2.09. The summed E-state index contributed by atoms with van der Waals surface area (Å²) in [6.07, 6.45) is 4.80. The van der Waals surface area contributed by atoms with E-state index in [1.165, 1.54) is 19.3 Å². The van der Waals surface area contributed by atoms with Gasteiger partial charge in [0.05, 0.1) is 6.54 Å². The van der Waals surface area contributed by atoms with Crippen LogP contribution in [0.15, 0.2) is 0 Å². The summed E-state index contributed by atoms with van der Waals surface area (Å²) in [5.74, 6) is 0.160. The van der Waals surface area contributed by atoms with E-state index in [9.17, 15) is 4.79 Å². The summed E-state index contributed by atoms with van der Waals surface area (Å²) in [6.45, 7) is 10.9. The molecule has 1 atom stereocenters. The number of likely N-dealkylation sites (N-methyl/N-ethyl adjacent to an activating group) is 1. The molecule has 96 valence electrons. The van der Waals surface area contributed by atoms with E-state index < -0.39 is 0 Å². The molecule has 0 aromatic heterocycles. The van der Waals surface area contributed by atoms with E-state index in [-0.39, 0.29) is 5.91 Å². The van der Waals surface area contributed by atoms with Gasteiger partial charge in [0.1, 0.15) is 0 Å². The van der Waals surface area contributed by atoms with Crippen LogP contribution in [0.3, 0.4) is 0 Å². The number of nitrogens with zero attached hydrogens (tertiary/aromatic N) is 1. The minimum Gasteiger partial charge on any atom is -0.353 e. The number of rotatable bonds is 9. The molecule has 0 saturated carbocycles. The first-order chi connectivity index (χ1) is 7.63. The molecule has 0 aliphatic carbocycles. The van der Waals surface area contributed by atoms with Crippen molar-refractivity contribution in [3.05, 3.63) is 0 Å². The Bertz CT molecular complexity index is 179. The van der Waals surface area contributed by atoms with Crippen LogP contribution < -0.4 is 5.32 Å². The molecule has 3 heteroatoms. The lowest BCUT2D eigenvalue weighted by atomic mass is 10.1. The Hall–Kier alpha value is -0.570. The fourth-order valence-electron chi connectivity index (χ4n) is 1.74. The Morgan fingerprint density at radius 1 is 1.19 bits per heavy atom. The minimum absolute atomic E-state index is 0.160. The highest BCUT2D eigenvalue weighted by molar-refractivity contribution is 5.78. The largest absolute Gasteiger partial charge is 0.353 e. The molecule has 0 saturated heterocycles. The zero-order chi connectivity index (χ0) is 12.4. The maximum Gasteiger partial charge on any atom is 0.234 e. The summed E-state index contributed by atoms with van der Waals surface area (Å²) in [7, 11) is 0. The monoisotopic (exact) mass is 228 g/mol. The topological polar surface area (TPSA) is 32.3 Å². The lowest BCUT2D eigenvalue weighted by Crippen LogP contribution is -2.40. The Balaban J connectivity index is 3.68. The van der Waals surface area contributed by atoms with Gasteiger partial charge >= 0.3 is 0 Å². The van der Waals surface area contributed by atoms with Crippen molar-refractivity contribution in [2.45, 2.75) is 59.4 Å². The van der Waals surface area contributed by atoms with Gasteiger partial charge in [-0.15, -0.1) is 0 Å². The van der Waals surface area contributed by atoms with Crippen LogP contribution in [0.5, 0.6) is 0 Å². The van der Waals surface area contributed by atoms with Gasteiger partial charge in [-0.25, -0.2) is 0 Å². The van der Waals surface area contributed by atoms with Gasteiger partial charge in [-0.3, -0.25) is 9.69 Å². The zero-order valence-corrected chi connectivity index (χ0v) is 11.4. The average molecular weight is 228 g/mol. The fourth-order valence-corrected chi connectivity index (χ4v) is 1.74. The van der Waals surface area contributed by atoms with Crippen molar-refractivity contribution in [3.63, 3.8) is 0 Å². The van der Waals surface area contributed by atoms with E-state index in [1.54, 1.807) is 0 Å². The molecule has 1 amide bonds. The molecule has 0 bridgehead atoms. The first kappa shape index (κ1) is 15.4. The van der Waals surface area contributed by atoms with Gasteiger partial charge < -0.3 is 5.32 Å². The second kappa shape index (κ2) is 9.64. The molecular weight excluding hydrogens is 200 g/mol. The van der Waals surface area contributed by atoms with E-state index in [4.69, 9.17) is 0 Å². The second-order valence-electron chi connectivity index (χ2n) is 4.43. The van der Waals surface area contributed by atoms with Gasteiger partial charge in [-0.2, -0.15) is 0 Å². The van der Waals surface area contributed by atoms with Crippen LogP contribution in [0.4, 0.5) is 0 Å². The van der Waals surface area contributed by atoms with Crippen LogP contribution in [0.25, 0.3) is 0 Å². The van der Waals surface area contributed by atoms with Crippen molar-refractivity contribution in [1.29, 1.82) is 0 Å². The summed E-state index contributed by atoms with van der Waals surface area (Å²) in [6, 6.07) is 0.314. The molecule has 1 N–H and O–H groups in total. The van der Waals surface area contributed by atoms with Crippen LogP contribution in [0.2, 0.25) is 0 Å². The summed E-state index contributed by atoms with van der Waals surface area (Å²) in [5, 5.41) is 3.06. The van der Waals surface area contributed by atoms with Crippen LogP contribution >= 0.6 is 0 Å². The number of hydrogen-bond acceptors (Lipinski definition) is 2. The standard InChI is InChI=1S/C13H28N2O/c1-5-8-9-10-12(4)14-13(16)11-15(6-2)7-3/h12H,5-11H2,1-4H3,(H,14,16). The van der Waals surface area contributed by atoms with E-state index in [0.717, 1.165) is 19.5 Å². The van der Waals surface area contributed by atoms with Crippen LogP contribution in [0, 0.1) is 0 Å². The molecule has 0 spiro atoms. The summed E-state index contributed by atoms with van der Waals surface area (Å²) >= 11 is 0. The highest BCUT2D eigenvalue weighted by atomic mass is 16.2. The summed E-state index contributed by atoms with van der Waals surface area (Å²) in [4.78, 5) is 13.8. The van der Waals surface area contributed by atoms with Crippen molar-refractivity contribution < 1.29 is 4.79 Å². The van der Waals surface area contributed by atoms with Crippen molar-refractivity contribution >= 4 is 5.91 Å². The van der Waals surface area contributed by atoms with Crippen LogP contribution in [-0.4, -0.2) is 36.5 Å². The van der Waals surface area contributed by atoms with Crippen molar-refractivity contribution in [2.75, 3.05) is 19.6 Å². The Labute approximate surface area is 101 Å². The first-order valence-electron chi connectivity index (χ1n) is 6.65. The molecule has 0 heterocycles. The van der Waals surface area contributed by atoms with Gasteiger partial charge in [-0.1, -0.05) is 40.0 Å². The third-order valence-corrected chi connectivity index (χ3v) is 2.91. The minimum atomic E-state index is 0.160. The molecule has 0 radical (unpaired) electrons. The first-order valence-corrected chi connectivity index (χ1v) is 6.65. The van der Waals surface area contributed by atoms with E-state index in [2.05, 4.69) is 37.9 Å². The summed E-state index contributed by atoms with van der Waals surface area (Å²) < 4.78 is 0. The molecule has 0 fully saturated rings. The zero-order valence-electron chi connectivity index (χ0n) is 11.4. The SMILES string of the molecule is CCCCCC(C)NC(=O)CN(CC)CC. The molecule has 16 heavy (non-hydrogen) atoms. The third-order valence-electron chi connectivity index (χ3n) is 2.91. The van der Waals surface area contributed by atoms with Crippen LogP contribution in [-0.2, 0) is 4.79 Å². The predicted molar refractivity (Wildman–Crippen MR) is 69.5 cm³/mol. The Morgan fingerprint density at radius 3 is 2.31 bits per heavy atom. The van der Waals surface area contributed by atoms with Gasteiger partial charge in [0.15, 0.2) is 0 Å². The van der Waals surface area contributed by atoms with Gasteiger partial charge in [0.25, 0.3) is 0 Å². The van der Waals surface area contributed by atoms with E-state index in [0.29, 0.717) is 12.6 Å². The quantitative estimate of drug-likeness (QED) is 0.615. The Morgan fingerprint density at radius 2 is 1.81 bits per heavy atom. The van der Waals surface area contributed by atoms with Crippen molar-refractivity contribution in [3.8, 4) is 0 Å². The maximum absolute atomic E-state index is 11.7. The predicted octanol–water partition coefficient (Wildman–Crippen LogP) is 2.41. The van der Waals surface area contributed by atoms with Gasteiger partial charge in [-0.05, 0) is 26.4 Å². The number of hydrogen-bond donors (Lipinski definition) is 1. The summed E-state index contributed by atoms with van der Waals surface area (Å²) in [5.41, 5.74) is 0. The van der Waals surface area contributed by atoms with E-state index in [1.807, 2.05) is 0 Å². The fraction of sp³-hybridized carbons (Fsp3) is 0.923. The number of carbonyl (C=O) groups is 1. The van der Waals surface area contributed by atoms with Crippen molar-refractivity contribution in [2.24, 2.45) is 0 Å². The van der Waals surface area contributed by atoms with Crippen molar-refractivity contribution in [1.82, 2.24) is 10.2 Å². The van der Waals surface area contributed by atoms with Gasteiger partial charge in [0, 0.05) is 6.04 Å². The lowest BCUT2D eigenvalue weighted by molar-refractivity contribution is -0.122. The molecule has 3 nitrogen and oxygen atoms in total. The third kappa shape index (κ3) is 7.69. The number of nitrogens with one attached hydrogen (secondary N) is 1.